The summed E-state index contributed by atoms with van der Waals surface area (Å²) < 4.78 is 28.2. The Hall–Kier alpha value is -2.61. The van der Waals surface area contributed by atoms with Gasteiger partial charge in [-0.15, -0.1) is 10.2 Å². The molecule has 1 aromatic carbocycles. The summed E-state index contributed by atoms with van der Waals surface area (Å²) in [6.07, 6.45) is 2.47. The van der Waals surface area contributed by atoms with Crippen molar-refractivity contribution in [2.75, 3.05) is 31.1 Å². The topological polar surface area (TPSA) is 49.6 Å². The van der Waals surface area contributed by atoms with E-state index in [9.17, 15) is 8.78 Å². The zero-order valence-corrected chi connectivity index (χ0v) is 14.6. The highest BCUT2D eigenvalue weighted by Gasteiger charge is 2.21. The number of anilines is 1. The molecule has 0 radical (unpaired) electrons. The third-order valence-corrected chi connectivity index (χ3v) is 4.76. The van der Waals surface area contributed by atoms with Gasteiger partial charge < -0.3 is 4.90 Å². The molecule has 26 heavy (non-hydrogen) atoms. The first-order valence-corrected chi connectivity index (χ1v) is 8.75. The van der Waals surface area contributed by atoms with E-state index in [0.717, 1.165) is 55.2 Å². The van der Waals surface area contributed by atoms with Crippen LogP contribution in [0.1, 0.15) is 18.2 Å². The van der Waals surface area contributed by atoms with Crippen molar-refractivity contribution in [2.45, 2.75) is 19.9 Å². The molecule has 0 saturated carbocycles. The van der Waals surface area contributed by atoms with Crippen LogP contribution in [0.4, 0.5) is 14.5 Å². The molecule has 136 valence electrons. The molecule has 0 bridgehead atoms. The predicted octanol–water partition coefficient (Wildman–Crippen LogP) is 2.29. The van der Waals surface area contributed by atoms with Crippen molar-refractivity contribution in [1.29, 1.82) is 0 Å². The smallest absolute Gasteiger partial charge is 0.200 e. The molecule has 0 atom stereocenters. The normalized spacial score (nSPS) is 15.7. The Morgan fingerprint density at radius 3 is 2.58 bits per heavy atom. The van der Waals surface area contributed by atoms with Crippen LogP contribution in [0, 0.1) is 11.6 Å². The van der Waals surface area contributed by atoms with E-state index in [-0.39, 0.29) is 0 Å². The molecule has 0 N–H and O–H groups in total. The van der Waals surface area contributed by atoms with Gasteiger partial charge in [0.2, 0.25) is 5.65 Å². The van der Waals surface area contributed by atoms with Crippen molar-refractivity contribution in [1.82, 2.24) is 24.7 Å². The largest absolute Gasteiger partial charge is 0.366 e. The molecular formula is C18H20F2N6. The Morgan fingerprint density at radius 2 is 1.85 bits per heavy atom. The van der Waals surface area contributed by atoms with E-state index in [0.29, 0.717) is 6.54 Å². The minimum Gasteiger partial charge on any atom is -0.366 e. The average molecular weight is 358 g/mol. The van der Waals surface area contributed by atoms with Crippen LogP contribution >= 0.6 is 0 Å². The van der Waals surface area contributed by atoms with E-state index in [2.05, 4.69) is 38.1 Å². The second-order valence-corrected chi connectivity index (χ2v) is 6.49. The maximum atomic E-state index is 13.4. The second kappa shape index (κ2) is 6.95. The minimum atomic E-state index is -0.805. The first-order chi connectivity index (χ1) is 12.6. The summed E-state index contributed by atoms with van der Waals surface area (Å²) in [5.41, 5.74) is 3.59. The fourth-order valence-electron chi connectivity index (χ4n) is 3.31. The highest BCUT2D eigenvalue weighted by molar-refractivity contribution is 5.68. The maximum absolute atomic E-state index is 13.4. The molecule has 3 aromatic rings. The van der Waals surface area contributed by atoms with Crippen LogP contribution in [0.5, 0.6) is 0 Å². The van der Waals surface area contributed by atoms with Crippen molar-refractivity contribution in [3.05, 3.63) is 53.5 Å². The molecule has 1 aliphatic heterocycles. The molecule has 1 saturated heterocycles. The standard InChI is InChI=1S/C18H20F2N6/c1-2-14-10-17(18-22-21-12-26(18)23-14)25-7-5-24(6-8-25)11-13-3-4-15(19)16(20)9-13/h3-4,9-10,12H,2,5-8,11H2,1H3. The summed E-state index contributed by atoms with van der Waals surface area (Å²) >= 11 is 0. The molecule has 6 nitrogen and oxygen atoms in total. The van der Waals surface area contributed by atoms with E-state index in [1.807, 2.05) is 0 Å². The molecule has 1 aliphatic rings. The van der Waals surface area contributed by atoms with Gasteiger partial charge in [-0.2, -0.15) is 9.61 Å². The SMILES string of the molecule is CCc1cc(N2CCN(Cc3ccc(F)c(F)c3)CC2)c2nncn2n1. The Kier molecular flexibility index (Phi) is 4.50. The Bertz CT molecular complexity index is 917. The van der Waals surface area contributed by atoms with Gasteiger partial charge >= 0.3 is 0 Å². The number of halogens is 2. The van der Waals surface area contributed by atoms with E-state index < -0.39 is 11.6 Å². The molecule has 1 fully saturated rings. The molecule has 8 heteroatoms. The lowest BCUT2D eigenvalue weighted by molar-refractivity contribution is 0.249. The van der Waals surface area contributed by atoms with E-state index >= 15 is 0 Å². The van der Waals surface area contributed by atoms with Crippen molar-refractivity contribution < 1.29 is 8.78 Å². The molecular weight excluding hydrogens is 338 g/mol. The first kappa shape index (κ1) is 16.8. The molecule has 0 unspecified atom stereocenters. The van der Waals surface area contributed by atoms with Gasteiger partial charge in [0.05, 0.1) is 11.4 Å². The quantitative estimate of drug-likeness (QED) is 0.716. The lowest BCUT2D eigenvalue weighted by atomic mass is 10.1. The van der Waals surface area contributed by atoms with Crippen molar-refractivity contribution in [3.63, 3.8) is 0 Å². The Balaban J connectivity index is 1.47. The fraction of sp³-hybridized carbons (Fsp3) is 0.389. The summed E-state index contributed by atoms with van der Waals surface area (Å²) in [5.74, 6) is -1.60. The lowest BCUT2D eigenvalue weighted by Crippen LogP contribution is -2.46. The zero-order valence-electron chi connectivity index (χ0n) is 14.6. The van der Waals surface area contributed by atoms with Gasteiger partial charge in [0.15, 0.2) is 11.6 Å². The van der Waals surface area contributed by atoms with Gasteiger partial charge in [-0.05, 0) is 30.2 Å². The monoisotopic (exact) mass is 358 g/mol. The van der Waals surface area contributed by atoms with Crippen molar-refractivity contribution in [2.24, 2.45) is 0 Å². The molecule has 0 aliphatic carbocycles. The number of rotatable bonds is 4. The molecule has 2 aromatic heterocycles. The average Bonchev–Trinajstić information content (AvgIpc) is 3.13. The molecule has 3 heterocycles. The highest BCUT2D eigenvalue weighted by atomic mass is 19.2. The third-order valence-electron chi connectivity index (χ3n) is 4.76. The van der Waals surface area contributed by atoms with Crippen molar-refractivity contribution >= 4 is 11.3 Å². The summed E-state index contributed by atoms with van der Waals surface area (Å²) in [4.78, 5) is 4.53. The first-order valence-electron chi connectivity index (χ1n) is 8.75. The number of piperazine rings is 1. The van der Waals surface area contributed by atoms with E-state index in [1.165, 1.54) is 12.1 Å². The van der Waals surface area contributed by atoms with Crippen LogP contribution in [0.15, 0.2) is 30.6 Å². The van der Waals surface area contributed by atoms with Crippen LogP contribution in [-0.2, 0) is 13.0 Å². The lowest BCUT2D eigenvalue weighted by Gasteiger charge is -2.36. The second-order valence-electron chi connectivity index (χ2n) is 6.49. The summed E-state index contributed by atoms with van der Waals surface area (Å²) in [5, 5.41) is 12.6. The van der Waals surface area contributed by atoms with Crippen LogP contribution in [-0.4, -0.2) is 50.9 Å². The van der Waals surface area contributed by atoms with Gasteiger partial charge in [-0.3, -0.25) is 4.90 Å². The van der Waals surface area contributed by atoms with Crippen LogP contribution in [0.25, 0.3) is 5.65 Å². The van der Waals surface area contributed by atoms with Gasteiger partial charge in [-0.25, -0.2) is 8.78 Å². The number of hydrogen-bond donors (Lipinski definition) is 0. The molecule has 0 spiro atoms. The maximum Gasteiger partial charge on any atom is 0.200 e. The number of aryl methyl sites for hydroxylation is 1. The number of nitrogens with zero attached hydrogens (tertiary/aromatic N) is 6. The number of fused-ring (bicyclic) bond motifs is 1. The van der Waals surface area contributed by atoms with Crippen LogP contribution in [0.2, 0.25) is 0 Å². The summed E-state index contributed by atoms with van der Waals surface area (Å²) in [7, 11) is 0. The zero-order chi connectivity index (χ0) is 18.1. The fourth-order valence-corrected chi connectivity index (χ4v) is 3.31. The van der Waals surface area contributed by atoms with Gasteiger partial charge in [0.25, 0.3) is 0 Å². The van der Waals surface area contributed by atoms with Gasteiger partial charge in [-0.1, -0.05) is 13.0 Å². The third kappa shape index (κ3) is 3.24. The number of hydrogen-bond acceptors (Lipinski definition) is 5. The number of benzene rings is 1. The number of aromatic nitrogens is 4. The summed E-state index contributed by atoms with van der Waals surface area (Å²) in [6.45, 7) is 6.02. The van der Waals surface area contributed by atoms with Gasteiger partial charge in [0, 0.05) is 32.7 Å². The van der Waals surface area contributed by atoms with Crippen molar-refractivity contribution in [3.8, 4) is 0 Å². The predicted molar refractivity (Wildman–Crippen MR) is 94.0 cm³/mol. The molecule has 0 amide bonds. The van der Waals surface area contributed by atoms with E-state index in [1.54, 1.807) is 16.9 Å². The minimum absolute atomic E-state index is 0.613. The van der Waals surface area contributed by atoms with E-state index in [4.69, 9.17) is 0 Å². The Labute approximate surface area is 150 Å². The van der Waals surface area contributed by atoms with Crippen LogP contribution < -0.4 is 4.90 Å². The highest BCUT2D eigenvalue weighted by Crippen LogP contribution is 2.23. The van der Waals surface area contributed by atoms with Crippen LogP contribution in [0.3, 0.4) is 0 Å². The van der Waals surface area contributed by atoms with Gasteiger partial charge in [0.1, 0.15) is 6.33 Å². The Morgan fingerprint density at radius 1 is 1.04 bits per heavy atom. The molecule has 4 rings (SSSR count). The summed E-state index contributed by atoms with van der Waals surface area (Å²) in [6, 6.07) is 6.18.